The Morgan fingerprint density at radius 1 is 1.21 bits per heavy atom. The Balaban J connectivity index is 1.83. The molecule has 0 radical (unpaired) electrons. The standard InChI is InChI=1S/C20H22Cl2N2O3S/c1-2-27-20(26)17-12-28-18(23-17)11-24(14-6-4-3-5-7-14)19(25)13-8-9-15(21)16(22)10-13/h8-10,12,14H,2-7,11H2,1H3. The summed E-state index contributed by atoms with van der Waals surface area (Å²) in [6.45, 7) is 2.41. The van der Waals surface area contributed by atoms with Crippen molar-refractivity contribution in [1.29, 1.82) is 0 Å². The van der Waals surface area contributed by atoms with E-state index < -0.39 is 5.97 Å². The first kappa shape index (κ1) is 21.1. The van der Waals surface area contributed by atoms with Gasteiger partial charge in [-0.3, -0.25) is 4.79 Å². The lowest BCUT2D eigenvalue weighted by atomic mass is 9.93. The SMILES string of the molecule is CCOC(=O)c1csc(CN(C(=O)c2ccc(Cl)c(Cl)c2)C2CCCCC2)n1. The maximum Gasteiger partial charge on any atom is 0.357 e. The quantitative estimate of drug-likeness (QED) is 0.548. The molecule has 150 valence electrons. The number of carbonyl (C=O) groups excluding carboxylic acids is 2. The fourth-order valence-corrected chi connectivity index (χ4v) is 4.44. The molecule has 0 N–H and O–H groups in total. The first-order valence-electron chi connectivity index (χ1n) is 9.37. The summed E-state index contributed by atoms with van der Waals surface area (Å²) in [4.78, 5) is 31.4. The molecular formula is C20H22Cl2N2O3S. The van der Waals surface area contributed by atoms with Crippen molar-refractivity contribution in [2.75, 3.05) is 6.61 Å². The summed E-state index contributed by atoms with van der Waals surface area (Å²) in [6, 6.07) is 5.08. The molecule has 1 amide bonds. The van der Waals surface area contributed by atoms with E-state index in [2.05, 4.69) is 4.98 Å². The van der Waals surface area contributed by atoms with Gasteiger partial charge in [0.2, 0.25) is 0 Å². The van der Waals surface area contributed by atoms with Gasteiger partial charge in [0.1, 0.15) is 5.01 Å². The predicted octanol–water partition coefficient (Wildman–Crippen LogP) is 5.60. The molecule has 0 aliphatic heterocycles. The van der Waals surface area contributed by atoms with Crippen LogP contribution in [0.5, 0.6) is 0 Å². The number of halogens is 2. The van der Waals surface area contributed by atoms with E-state index in [9.17, 15) is 9.59 Å². The van der Waals surface area contributed by atoms with Crippen LogP contribution in [0, 0.1) is 0 Å². The molecule has 0 atom stereocenters. The number of hydrogen-bond acceptors (Lipinski definition) is 5. The van der Waals surface area contributed by atoms with Gasteiger partial charge in [-0.25, -0.2) is 9.78 Å². The second kappa shape index (κ2) is 9.72. The topological polar surface area (TPSA) is 59.5 Å². The molecule has 0 unspecified atom stereocenters. The molecule has 1 fully saturated rings. The molecule has 2 aromatic rings. The number of carbonyl (C=O) groups is 2. The van der Waals surface area contributed by atoms with E-state index in [-0.39, 0.29) is 17.6 Å². The third-order valence-electron chi connectivity index (χ3n) is 4.78. The summed E-state index contributed by atoms with van der Waals surface area (Å²) >= 11 is 13.5. The van der Waals surface area contributed by atoms with Gasteiger partial charge in [-0.1, -0.05) is 42.5 Å². The van der Waals surface area contributed by atoms with Crippen LogP contribution in [0.2, 0.25) is 10.0 Å². The lowest BCUT2D eigenvalue weighted by Crippen LogP contribution is -2.41. The Hall–Kier alpha value is -1.63. The normalized spacial score (nSPS) is 14.7. The Morgan fingerprint density at radius 3 is 2.64 bits per heavy atom. The summed E-state index contributed by atoms with van der Waals surface area (Å²) in [5, 5.41) is 3.16. The number of esters is 1. The molecule has 1 aliphatic carbocycles. The highest BCUT2D eigenvalue weighted by Gasteiger charge is 2.28. The van der Waals surface area contributed by atoms with E-state index in [0.29, 0.717) is 33.8 Å². The number of ether oxygens (including phenoxy) is 1. The highest BCUT2D eigenvalue weighted by atomic mass is 35.5. The van der Waals surface area contributed by atoms with Crippen LogP contribution in [0.1, 0.15) is 64.9 Å². The fourth-order valence-electron chi connectivity index (χ4n) is 3.38. The minimum Gasteiger partial charge on any atom is -0.461 e. The molecule has 1 aromatic carbocycles. The van der Waals surface area contributed by atoms with Crippen LogP contribution in [-0.2, 0) is 11.3 Å². The van der Waals surface area contributed by atoms with Crippen molar-refractivity contribution in [2.45, 2.75) is 51.6 Å². The number of hydrogen-bond donors (Lipinski definition) is 0. The zero-order valence-corrected chi connectivity index (χ0v) is 17.9. The second-order valence-corrected chi connectivity index (χ2v) is 8.46. The second-order valence-electron chi connectivity index (χ2n) is 6.70. The number of nitrogens with zero attached hydrogens (tertiary/aromatic N) is 2. The van der Waals surface area contributed by atoms with Gasteiger partial charge in [-0.05, 0) is 38.0 Å². The number of benzene rings is 1. The lowest BCUT2D eigenvalue weighted by molar-refractivity contribution is 0.0520. The predicted molar refractivity (Wildman–Crippen MR) is 111 cm³/mol. The van der Waals surface area contributed by atoms with E-state index in [4.69, 9.17) is 27.9 Å². The van der Waals surface area contributed by atoms with E-state index in [1.807, 2.05) is 4.90 Å². The van der Waals surface area contributed by atoms with Crippen molar-refractivity contribution in [3.63, 3.8) is 0 Å². The molecule has 8 heteroatoms. The molecule has 1 aliphatic rings. The minimum absolute atomic E-state index is 0.0987. The van der Waals surface area contributed by atoms with Crippen LogP contribution in [0.25, 0.3) is 0 Å². The molecule has 0 spiro atoms. The molecule has 28 heavy (non-hydrogen) atoms. The zero-order valence-electron chi connectivity index (χ0n) is 15.6. The number of rotatable bonds is 6. The number of thiazole rings is 1. The average molecular weight is 441 g/mol. The number of amides is 1. The minimum atomic E-state index is -0.440. The average Bonchev–Trinajstić information content (AvgIpc) is 3.17. The summed E-state index contributed by atoms with van der Waals surface area (Å²) < 4.78 is 5.00. The van der Waals surface area contributed by atoms with Crippen molar-refractivity contribution in [2.24, 2.45) is 0 Å². The van der Waals surface area contributed by atoms with Gasteiger partial charge in [0.15, 0.2) is 5.69 Å². The van der Waals surface area contributed by atoms with Crippen molar-refractivity contribution in [3.8, 4) is 0 Å². The highest BCUT2D eigenvalue weighted by Crippen LogP contribution is 2.28. The summed E-state index contributed by atoms with van der Waals surface area (Å²) in [5.74, 6) is -0.539. The van der Waals surface area contributed by atoms with Crippen molar-refractivity contribution >= 4 is 46.4 Å². The monoisotopic (exact) mass is 440 g/mol. The largest absolute Gasteiger partial charge is 0.461 e. The molecule has 0 bridgehead atoms. The van der Waals surface area contributed by atoms with Crippen LogP contribution in [0.3, 0.4) is 0 Å². The van der Waals surface area contributed by atoms with Gasteiger partial charge in [0.25, 0.3) is 5.91 Å². The Labute approximate surface area is 178 Å². The summed E-state index contributed by atoms with van der Waals surface area (Å²) in [5.41, 5.74) is 0.787. The third kappa shape index (κ3) is 5.04. The van der Waals surface area contributed by atoms with Crippen molar-refractivity contribution in [3.05, 3.63) is 49.9 Å². The molecule has 5 nitrogen and oxygen atoms in total. The highest BCUT2D eigenvalue weighted by molar-refractivity contribution is 7.09. The summed E-state index contributed by atoms with van der Waals surface area (Å²) in [6.07, 6.45) is 5.31. The molecule has 0 saturated heterocycles. The maximum atomic E-state index is 13.3. The first-order chi connectivity index (χ1) is 13.5. The van der Waals surface area contributed by atoms with Gasteiger partial charge in [-0.15, -0.1) is 11.3 Å². The lowest BCUT2D eigenvalue weighted by Gasteiger charge is -2.34. The van der Waals surface area contributed by atoms with E-state index in [1.54, 1.807) is 30.5 Å². The zero-order chi connectivity index (χ0) is 20.1. The third-order valence-corrected chi connectivity index (χ3v) is 6.36. The molecular weight excluding hydrogens is 419 g/mol. The number of aromatic nitrogens is 1. The molecule has 3 rings (SSSR count). The van der Waals surface area contributed by atoms with Gasteiger partial charge in [-0.2, -0.15) is 0 Å². The van der Waals surface area contributed by atoms with Gasteiger partial charge in [0, 0.05) is 17.0 Å². The Morgan fingerprint density at radius 2 is 1.96 bits per heavy atom. The van der Waals surface area contributed by atoms with Gasteiger partial charge >= 0.3 is 5.97 Å². The van der Waals surface area contributed by atoms with Crippen LogP contribution < -0.4 is 0 Å². The maximum absolute atomic E-state index is 13.3. The van der Waals surface area contributed by atoms with Crippen LogP contribution in [-0.4, -0.2) is 34.4 Å². The van der Waals surface area contributed by atoms with E-state index >= 15 is 0 Å². The fraction of sp³-hybridized carbons (Fsp3) is 0.450. The van der Waals surface area contributed by atoms with E-state index in [0.717, 1.165) is 25.7 Å². The Kier molecular flexibility index (Phi) is 7.32. The van der Waals surface area contributed by atoms with Crippen molar-refractivity contribution < 1.29 is 14.3 Å². The van der Waals surface area contributed by atoms with Gasteiger partial charge < -0.3 is 9.64 Å². The smallest absolute Gasteiger partial charge is 0.357 e. The van der Waals surface area contributed by atoms with E-state index in [1.165, 1.54) is 17.8 Å². The van der Waals surface area contributed by atoms with Gasteiger partial charge in [0.05, 0.1) is 23.2 Å². The van der Waals surface area contributed by atoms with Crippen molar-refractivity contribution in [1.82, 2.24) is 9.88 Å². The summed E-state index contributed by atoms with van der Waals surface area (Å²) in [7, 11) is 0. The van der Waals surface area contributed by atoms with Crippen LogP contribution in [0.4, 0.5) is 0 Å². The first-order valence-corrected chi connectivity index (χ1v) is 11.0. The molecule has 1 heterocycles. The Bertz CT molecular complexity index is 850. The molecule has 1 aromatic heterocycles. The molecule has 1 saturated carbocycles. The van der Waals surface area contributed by atoms with Crippen LogP contribution >= 0.6 is 34.5 Å². The van der Waals surface area contributed by atoms with Crippen LogP contribution in [0.15, 0.2) is 23.6 Å².